The molecule has 1 atom stereocenters. The summed E-state index contributed by atoms with van der Waals surface area (Å²) in [7, 11) is 0. The highest BCUT2D eigenvalue weighted by molar-refractivity contribution is 5.68. The molecule has 0 heterocycles. The molecule has 1 N–H and O–H groups in total. The Kier molecular flexibility index (Phi) is 5.35. The molecule has 3 nitrogen and oxygen atoms in total. The summed E-state index contributed by atoms with van der Waals surface area (Å²) in [6, 6.07) is 6.20. The maximum Gasteiger partial charge on any atom is 0.305 e. The highest BCUT2D eigenvalue weighted by atomic mass is 16.4. The van der Waals surface area contributed by atoms with E-state index in [9.17, 15) is 4.79 Å². The van der Waals surface area contributed by atoms with E-state index < -0.39 is 5.97 Å². The molecular formula is C15H23NO2. The minimum Gasteiger partial charge on any atom is -0.481 e. The Labute approximate surface area is 109 Å². The first-order valence-electron chi connectivity index (χ1n) is 6.52. The van der Waals surface area contributed by atoms with Crippen LogP contribution in [0.5, 0.6) is 0 Å². The number of aryl methyl sites for hydroxylation is 2. The topological polar surface area (TPSA) is 40.5 Å². The zero-order valence-corrected chi connectivity index (χ0v) is 11.7. The molecule has 1 rings (SSSR count). The standard InChI is InChI=1S/C15H23NO2/c1-5-16(6-2)14(10-15(17)18)13-8-7-11(3)12(4)9-13/h7-9,14H,5-6,10H2,1-4H3,(H,17,18). The molecule has 0 fully saturated rings. The Bertz CT molecular complexity index is 411. The first-order chi connectivity index (χ1) is 8.49. The first-order valence-corrected chi connectivity index (χ1v) is 6.52. The number of carbonyl (C=O) groups is 1. The van der Waals surface area contributed by atoms with Crippen LogP contribution in [0.1, 0.15) is 43.0 Å². The lowest BCUT2D eigenvalue weighted by molar-refractivity contribution is -0.138. The van der Waals surface area contributed by atoms with Gasteiger partial charge in [0.05, 0.1) is 6.42 Å². The normalized spacial score (nSPS) is 12.7. The Hall–Kier alpha value is -1.35. The summed E-state index contributed by atoms with van der Waals surface area (Å²) in [5.74, 6) is -0.745. The number of benzene rings is 1. The summed E-state index contributed by atoms with van der Waals surface area (Å²) in [6.45, 7) is 10.0. The van der Waals surface area contributed by atoms with E-state index in [1.165, 1.54) is 11.1 Å². The van der Waals surface area contributed by atoms with Crippen molar-refractivity contribution in [2.45, 2.75) is 40.2 Å². The molecule has 0 aromatic heterocycles. The summed E-state index contributed by atoms with van der Waals surface area (Å²) in [5, 5.41) is 9.08. The molecule has 0 saturated carbocycles. The van der Waals surface area contributed by atoms with E-state index in [1.807, 2.05) is 6.07 Å². The predicted octanol–water partition coefficient (Wildman–Crippen LogP) is 3.16. The minimum atomic E-state index is -0.745. The van der Waals surface area contributed by atoms with Crippen LogP contribution < -0.4 is 0 Å². The highest BCUT2D eigenvalue weighted by Gasteiger charge is 2.21. The van der Waals surface area contributed by atoms with Gasteiger partial charge < -0.3 is 5.11 Å². The van der Waals surface area contributed by atoms with Gasteiger partial charge in [0.15, 0.2) is 0 Å². The number of carboxylic acid groups (broad SMARTS) is 1. The van der Waals surface area contributed by atoms with Gasteiger partial charge in [0.2, 0.25) is 0 Å². The van der Waals surface area contributed by atoms with Gasteiger partial charge in [-0.1, -0.05) is 32.0 Å². The van der Waals surface area contributed by atoms with Crippen LogP contribution in [0.2, 0.25) is 0 Å². The smallest absolute Gasteiger partial charge is 0.305 e. The van der Waals surface area contributed by atoms with Gasteiger partial charge in [0.25, 0.3) is 0 Å². The fraction of sp³-hybridized carbons (Fsp3) is 0.533. The predicted molar refractivity (Wildman–Crippen MR) is 73.8 cm³/mol. The second kappa shape index (κ2) is 6.55. The fourth-order valence-corrected chi connectivity index (χ4v) is 2.26. The average Bonchev–Trinajstić information content (AvgIpc) is 2.32. The van der Waals surface area contributed by atoms with Crippen molar-refractivity contribution in [1.82, 2.24) is 4.90 Å². The van der Waals surface area contributed by atoms with Gasteiger partial charge >= 0.3 is 5.97 Å². The first kappa shape index (κ1) is 14.7. The van der Waals surface area contributed by atoms with Crippen LogP contribution in [0, 0.1) is 13.8 Å². The molecule has 1 unspecified atom stereocenters. The maximum absolute atomic E-state index is 11.0. The van der Waals surface area contributed by atoms with Crippen molar-refractivity contribution in [2.75, 3.05) is 13.1 Å². The molecule has 0 aliphatic heterocycles. The highest BCUT2D eigenvalue weighted by Crippen LogP contribution is 2.25. The van der Waals surface area contributed by atoms with Crippen molar-refractivity contribution >= 4 is 5.97 Å². The molecule has 1 aromatic carbocycles. The van der Waals surface area contributed by atoms with Crippen LogP contribution in [0.3, 0.4) is 0 Å². The average molecular weight is 249 g/mol. The minimum absolute atomic E-state index is 0.0307. The Morgan fingerprint density at radius 2 is 1.83 bits per heavy atom. The van der Waals surface area contributed by atoms with Crippen molar-refractivity contribution < 1.29 is 9.90 Å². The molecule has 3 heteroatoms. The van der Waals surface area contributed by atoms with Crippen molar-refractivity contribution in [1.29, 1.82) is 0 Å². The van der Waals surface area contributed by atoms with E-state index in [0.29, 0.717) is 0 Å². The van der Waals surface area contributed by atoms with Crippen molar-refractivity contribution in [3.63, 3.8) is 0 Å². The molecule has 0 radical (unpaired) electrons. The number of rotatable bonds is 6. The molecular weight excluding hydrogens is 226 g/mol. The quantitative estimate of drug-likeness (QED) is 0.842. The number of carboxylic acids is 1. The SMILES string of the molecule is CCN(CC)C(CC(=O)O)c1ccc(C)c(C)c1. The van der Waals surface area contributed by atoms with Gasteiger partial charge in [-0.05, 0) is 43.6 Å². The monoisotopic (exact) mass is 249 g/mol. The van der Waals surface area contributed by atoms with Gasteiger partial charge in [-0.15, -0.1) is 0 Å². The van der Waals surface area contributed by atoms with Crippen LogP contribution in [-0.2, 0) is 4.79 Å². The zero-order valence-electron chi connectivity index (χ0n) is 11.7. The summed E-state index contributed by atoms with van der Waals surface area (Å²) >= 11 is 0. The van der Waals surface area contributed by atoms with Crippen molar-refractivity contribution in [3.8, 4) is 0 Å². The van der Waals surface area contributed by atoms with E-state index >= 15 is 0 Å². The fourth-order valence-electron chi connectivity index (χ4n) is 2.26. The van der Waals surface area contributed by atoms with Crippen molar-refractivity contribution in [3.05, 3.63) is 34.9 Å². The summed E-state index contributed by atoms with van der Waals surface area (Å²) in [5.41, 5.74) is 3.56. The van der Waals surface area contributed by atoms with E-state index in [4.69, 9.17) is 5.11 Å². The molecule has 0 aliphatic carbocycles. The Morgan fingerprint density at radius 1 is 1.22 bits per heavy atom. The van der Waals surface area contributed by atoms with Crippen LogP contribution >= 0.6 is 0 Å². The summed E-state index contributed by atoms with van der Waals surface area (Å²) < 4.78 is 0. The molecule has 0 spiro atoms. The largest absolute Gasteiger partial charge is 0.481 e. The lowest BCUT2D eigenvalue weighted by atomic mass is 9.97. The second-order valence-electron chi connectivity index (χ2n) is 4.68. The van der Waals surface area contributed by atoms with E-state index in [2.05, 4.69) is 44.7 Å². The summed E-state index contributed by atoms with van der Waals surface area (Å²) in [4.78, 5) is 13.2. The second-order valence-corrected chi connectivity index (χ2v) is 4.68. The van der Waals surface area contributed by atoms with Gasteiger partial charge in [-0.3, -0.25) is 9.69 Å². The van der Waals surface area contributed by atoms with E-state index in [0.717, 1.165) is 18.7 Å². The molecule has 0 bridgehead atoms. The lowest BCUT2D eigenvalue weighted by Crippen LogP contribution is -2.30. The number of hydrogen-bond acceptors (Lipinski definition) is 2. The van der Waals surface area contributed by atoms with E-state index in [1.54, 1.807) is 0 Å². The molecule has 0 aliphatic rings. The van der Waals surface area contributed by atoms with Crippen LogP contribution in [0.25, 0.3) is 0 Å². The molecule has 18 heavy (non-hydrogen) atoms. The summed E-state index contributed by atoms with van der Waals surface area (Å²) in [6.07, 6.45) is 0.157. The molecule has 1 aromatic rings. The van der Waals surface area contributed by atoms with Gasteiger partial charge in [-0.2, -0.15) is 0 Å². The molecule has 100 valence electrons. The lowest BCUT2D eigenvalue weighted by Gasteiger charge is -2.29. The van der Waals surface area contributed by atoms with Crippen LogP contribution in [0.4, 0.5) is 0 Å². The third-order valence-corrected chi connectivity index (χ3v) is 3.54. The zero-order chi connectivity index (χ0) is 13.7. The Balaban J connectivity index is 3.07. The third-order valence-electron chi connectivity index (χ3n) is 3.54. The van der Waals surface area contributed by atoms with Crippen LogP contribution in [-0.4, -0.2) is 29.1 Å². The van der Waals surface area contributed by atoms with Gasteiger partial charge in [-0.25, -0.2) is 0 Å². The number of hydrogen-bond donors (Lipinski definition) is 1. The van der Waals surface area contributed by atoms with Gasteiger partial charge in [0.1, 0.15) is 0 Å². The van der Waals surface area contributed by atoms with Crippen molar-refractivity contribution in [2.24, 2.45) is 0 Å². The third kappa shape index (κ3) is 3.57. The Morgan fingerprint density at radius 3 is 2.28 bits per heavy atom. The maximum atomic E-state index is 11.0. The molecule has 0 amide bonds. The number of aliphatic carboxylic acids is 1. The van der Waals surface area contributed by atoms with Gasteiger partial charge in [0, 0.05) is 6.04 Å². The van der Waals surface area contributed by atoms with E-state index in [-0.39, 0.29) is 12.5 Å². The number of nitrogens with zero attached hydrogens (tertiary/aromatic N) is 1. The van der Waals surface area contributed by atoms with Crippen LogP contribution in [0.15, 0.2) is 18.2 Å². The molecule has 0 saturated heterocycles.